The summed E-state index contributed by atoms with van der Waals surface area (Å²) in [6.45, 7) is 1.90. The van der Waals surface area contributed by atoms with Crippen molar-refractivity contribution in [2.75, 3.05) is 24.3 Å². The van der Waals surface area contributed by atoms with Crippen molar-refractivity contribution in [1.82, 2.24) is 4.98 Å². The molecule has 3 nitrogen and oxygen atoms in total. The number of hydrogen-bond acceptors (Lipinski definition) is 3. The smallest absolute Gasteiger partial charge is 0.373 e. The Bertz CT molecular complexity index is 638. The predicted molar refractivity (Wildman–Crippen MR) is 78.0 cm³/mol. The molecule has 0 bridgehead atoms. The van der Waals surface area contributed by atoms with Gasteiger partial charge in [0.15, 0.2) is 0 Å². The Hall–Kier alpha value is -2.24. The number of aromatic nitrogens is 1. The van der Waals surface area contributed by atoms with Crippen LogP contribution in [0.3, 0.4) is 0 Å². The van der Waals surface area contributed by atoms with Gasteiger partial charge in [-0.15, -0.1) is 0 Å². The molecule has 2 aromatic rings. The van der Waals surface area contributed by atoms with Gasteiger partial charge in [0.05, 0.1) is 5.56 Å². The fraction of sp³-hybridized carbons (Fsp3) is 0.267. The average molecular weight is 295 g/mol. The number of nitrogens with zero attached hydrogens (tertiary/aromatic N) is 2. The molecule has 0 unspecified atom stereocenters. The molecule has 0 saturated heterocycles. The Morgan fingerprint density at radius 2 is 1.81 bits per heavy atom. The Morgan fingerprint density at radius 3 is 2.38 bits per heavy atom. The molecule has 0 aliphatic rings. The van der Waals surface area contributed by atoms with Gasteiger partial charge >= 0.3 is 6.18 Å². The normalized spacial score (nSPS) is 11.3. The standard InChI is InChI=1S/C15H16F3N3/c1-10-6-4-5-7-12(10)21(3)14-9-11(15(16,17)18)8-13(19-2)20-14/h4-9H,1-3H3,(H,19,20). The molecule has 0 aliphatic heterocycles. The molecule has 2 rings (SSSR count). The van der Waals surface area contributed by atoms with Crippen molar-refractivity contribution < 1.29 is 13.2 Å². The first-order valence-corrected chi connectivity index (χ1v) is 6.39. The van der Waals surface area contributed by atoms with E-state index in [-0.39, 0.29) is 11.6 Å². The molecular weight excluding hydrogens is 279 g/mol. The Labute approximate surface area is 121 Å². The Balaban J connectivity index is 2.51. The van der Waals surface area contributed by atoms with E-state index in [1.807, 2.05) is 31.2 Å². The molecule has 1 aromatic heterocycles. The second-order valence-electron chi connectivity index (χ2n) is 4.69. The van der Waals surface area contributed by atoms with Gasteiger partial charge in [-0.3, -0.25) is 0 Å². The van der Waals surface area contributed by atoms with E-state index in [1.54, 1.807) is 19.0 Å². The number of alkyl halides is 3. The first-order chi connectivity index (χ1) is 9.82. The Kier molecular flexibility index (Phi) is 4.06. The zero-order valence-electron chi connectivity index (χ0n) is 12.0. The van der Waals surface area contributed by atoms with Crippen molar-refractivity contribution in [3.8, 4) is 0 Å². The molecule has 0 spiro atoms. The molecule has 0 amide bonds. The van der Waals surface area contributed by atoms with Gasteiger partial charge in [-0.1, -0.05) is 18.2 Å². The van der Waals surface area contributed by atoms with Crippen LogP contribution in [0.15, 0.2) is 36.4 Å². The number of para-hydroxylation sites is 1. The van der Waals surface area contributed by atoms with E-state index < -0.39 is 11.7 Å². The molecule has 0 fully saturated rings. The second kappa shape index (κ2) is 5.63. The van der Waals surface area contributed by atoms with Gasteiger partial charge in [0.25, 0.3) is 0 Å². The van der Waals surface area contributed by atoms with Crippen LogP contribution in [0.2, 0.25) is 0 Å². The SMILES string of the molecule is CNc1cc(C(F)(F)F)cc(N(C)c2ccccc2C)n1. The molecule has 1 aromatic carbocycles. The minimum absolute atomic E-state index is 0.181. The Morgan fingerprint density at radius 1 is 1.14 bits per heavy atom. The predicted octanol–water partition coefficient (Wildman–Crippen LogP) is 4.22. The van der Waals surface area contributed by atoms with E-state index in [2.05, 4.69) is 10.3 Å². The van der Waals surface area contributed by atoms with Crippen molar-refractivity contribution >= 4 is 17.3 Å². The zero-order chi connectivity index (χ0) is 15.6. The summed E-state index contributed by atoms with van der Waals surface area (Å²) in [5.74, 6) is 0.420. The molecule has 0 saturated carbocycles. The summed E-state index contributed by atoms with van der Waals surface area (Å²) in [7, 11) is 3.24. The summed E-state index contributed by atoms with van der Waals surface area (Å²) >= 11 is 0. The first kappa shape index (κ1) is 15.2. The monoisotopic (exact) mass is 295 g/mol. The maximum atomic E-state index is 13.0. The van der Waals surface area contributed by atoms with Gasteiger partial charge in [0.2, 0.25) is 0 Å². The van der Waals surface area contributed by atoms with E-state index in [1.165, 1.54) is 0 Å². The average Bonchev–Trinajstić information content (AvgIpc) is 2.45. The number of hydrogen-bond donors (Lipinski definition) is 1. The lowest BCUT2D eigenvalue weighted by molar-refractivity contribution is -0.137. The summed E-state index contributed by atoms with van der Waals surface area (Å²) < 4.78 is 38.9. The third kappa shape index (κ3) is 3.26. The van der Waals surface area contributed by atoms with Crippen molar-refractivity contribution in [2.45, 2.75) is 13.1 Å². The second-order valence-corrected chi connectivity index (χ2v) is 4.69. The number of halogens is 3. The summed E-state index contributed by atoms with van der Waals surface area (Å²) in [4.78, 5) is 5.84. The van der Waals surface area contributed by atoms with Crippen molar-refractivity contribution in [2.24, 2.45) is 0 Å². The summed E-state index contributed by atoms with van der Waals surface area (Å²) in [5.41, 5.74) is 1.05. The van der Waals surface area contributed by atoms with E-state index in [0.717, 1.165) is 23.4 Å². The lowest BCUT2D eigenvalue weighted by Crippen LogP contribution is -2.15. The van der Waals surface area contributed by atoms with Crippen LogP contribution in [0.5, 0.6) is 0 Å². The maximum Gasteiger partial charge on any atom is 0.416 e. The van der Waals surface area contributed by atoms with Crippen LogP contribution >= 0.6 is 0 Å². The third-order valence-corrected chi connectivity index (χ3v) is 3.22. The molecule has 0 radical (unpaired) electrons. The van der Waals surface area contributed by atoms with E-state index in [4.69, 9.17) is 0 Å². The molecule has 6 heteroatoms. The van der Waals surface area contributed by atoms with Crippen LogP contribution in [-0.2, 0) is 6.18 Å². The molecule has 112 valence electrons. The minimum atomic E-state index is -4.41. The van der Waals surface area contributed by atoms with Crippen LogP contribution in [0.1, 0.15) is 11.1 Å². The van der Waals surface area contributed by atoms with Gasteiger partial charge in [-0.2, -0.15) is 13.2 Å². The highest BCUT2D eigenvalue weighted by atomic mass is 19.4. The lowest BCUT2D eigenvalue weighted by atomic mass is 10.1. The number of aryl methyl sites for hydroxylation is 1. The summed E-state index contributed by atoms with van der Waals surface area (Å²) in [6.07, 6.45) is -4.41. The van der Waals surface area contributed by atoms with Gasteiger partial charge < -0.3 is 10.2 Å². The summed E-state index contributed by atoms with van der Waals surface area (Å²) in [6, 6.07) is 9.51. The molecule has 0 atom stereocenters. The highest BCUT2D eigenvalue weighted by Gasteiger charge is 2.32. The fourth-order valence-electron chi connectivity index (χ4n) is 2.04. The lowest BCUT2D eigenvalue weighted by Gasteiger charge is -2.22. The topological polar surface area (TPSA) is 28.2 Å². The first-order valence-electron chi connectivity index (χ1n) is 6.39. The van der Waals surface area contributed by atoms with Gasteiger partial charge in [0, 0.05) is 19.8 Å². The quantitative estimate of drug-likeness (QED) is 0.919. The number of rotatable bonds is 3. The van der Waals surface area contributed by atoms with Gasteiger partial charge in [-0.25, -0.2) is 4.98 Å². The van der Waals surface area contributed by atoms with Crippen molar-refractivity contribution in [3.05, 3.63) is 47.5 Å². The number of benzene rings is 1. The van der Waals surface area contributed by atoms with E-state index in [0.29, 0.717) is 0 Å². The highest BCUT2D eigenvalue weighted by Crippen LogP contribution is 2.34. The van der Waals surface area contributed by atoms with Crippen molar-refractivity contribution in [3.63, 3.8) is 0 Å². The van der Waals surface area contributed by atoms with E-state index >= 15 is 0 Å². The van der Waals surface area contributed by atoms with Crippen LogP contribution in [-0.4, -0.2) is 19.1 Å². The van der Waals surface area contributed by atoms with Crippen LogP contribution in [0, 0.1) is 6.92 Å². The number of anilines is 3. The molecule has 0 aliphatic carbocycles. The zero-order valence-corrected chi connectivity index (χ0v) is 12.0. The number of nitrogens with one attached hydrogen (secondary N) is 1. The third-order valence-electron chi connectivity index (χ3n) is 3.22. The fourth-order valence-corrected chi connectivity index (χ4v) is 2.04. The highest BCUT2D eigenvalue weighted by molar-refractivity contribution is 5.65. The largest absolute Gasteiger partial charge is 0.416 e. The maximum absolute atomic E-state index is 13.0. The van der Waals surface area contributed by atoms with Crippen molar-refractivity contribution in [1.29, 1.82) is 0 Å². The minimum Gasteiger partial charge on any atom is -0.373 e. The van der Waals surface area contributed by atoms with Crippen LogP contribution < -0.4 is 10.2 Å². The molecule has 1 N–H and O–H groups in total. The molecular formula is C15H16F3N3. The molecule has 1 heterocycles. The van der Waals surface area contributed by atoms with Crippen LogP contribution in [0.4, 0.5) is 30.5 Å². The van der Waals surface area contributed by atoms with Crippen LogP contribution in [0.25, 0.3) is 0 Å². The molecule has 21 heavy (non-hydrogen) atoms. The number of pyridine rings is 1. The van der Waals surface area contributed by atoms with Gasteiger partial charge in [0.1, 0.15) is 11.6 Å². The summed E-state index contributed by atoms with van der Waals surface area (Å²) in [5, 5.41) is 2.66. The van der Waals surface area contributed by atoms with Gasteiger partial charge in [-0.05, 0) is 30.7 Å². The van der Waals surface area contributed by atoms with E-state index in [9.17, 15) is 13.2 Å².